The standard InChI is InChI=1S/C14H11N11/c1-8-12(14-22-19-9(2)24(14)23-8)20-21-13-10(15-3)6-18-25(13)11-4-5-16-7-17-11/h4-7,23H,1-2H3. The second-order valence-corrected chi connectivity index (χ2v) is 5.14. The lowest BCUT2D eigenvalue weighted by atomic mass is 10.4. The second-order valence-electron chi connectivity index (χ2n) is 5.14. The van der Waals surface area contributed by atoms with E-state index < -0.39 is 0 Å². The Morgan fingerprint density at radius 3 is 2.88 bits per heavy atom. The molecule has 4 heterocycles. The van der Waals surface area contributed by atoms with Crippen molar-refractivity contribution in [2.24, 2.45) is 10.2 Å². The Balaban J connectivity index is 1.83. The highest BCUT2D eigenvalue weighted by atomic mass is 15.4. The van der Waals surface area contributed by atoms with Crippen molar-refractivity contribution >= 4 is 22.8 Å². The zero-order valence-electron chi connectivity index (χ0n) is 13.3. The Labute approximate surface area is 140 Å². The first-order valence-corrected chi connectivity index (χ1v) is 7.23. The highest BCUT2D eigenvalue weighted by Crippen LogP contribution is 2.32. The molecule has 25 heavy (non-hydrogen) atoms. The van der Waals surface area contributed by atoms with E-state index >= 15 is 0 Å². The molecule has 0 aromatic carbocycles. The van der Waals surface area contributed by atoms with Gasteiger partial charge in [0.15, 0.2) is 17.3 Å². The van der Waals surface area contributed by atoms with E-state index in [0.717, 1.165) is 5.69 Å². The largest absolute Gasteiger partial charge is 0.293 e. The highest BCUT2D eigenvalue weighted by molar-refractivity contribution is 5.67. The number of H-pyrrole nitrogens is 1. The molecule has 11 nitrogen and oxygen atoms in total. The molecule has 0 bridgehead atoms. The van der Waals surface area contributed by atoms with E-state index in [4.69, 9.17) is 6.57 Å². The monoisotopic (exact) mass is 333 g/mol. The Morgan fingerprint density at radius 2 is 2.12 bits per heavy atom. The summed E-state index contributed by atoms with van der Waals surface area (Å²) in [5.41, 5.74) is 2.17. The van der Waals surface area contributed by atoms with Crippen LogP contribution in [0.25, 0.3) is 16.3 Å². The van der Waals surface area contributed by atoms with E-state index in [0.29, 0.717) is 23.0 Å². The van der Waals surface area contributed by atoms with Crippen LogP contribution in [0, 0.1) is 20.4 Å². The van der Waals surface area contributed by atoms with Gasteiger partial charge in [0.2, 0.25) is 5.65 Å². The van der Waals surface area contributed by atoms with Gasteiger partial charge in [-0.3, -0.25) is 5.10 Å². The van der Waals surface area contributed by atoms with Crippen LogP contribution < -0.4 is 0 Å². The van der Waals surface area contributed by atoms with Crippen LogP contribution in [0.2, 0.25) is 0 Å². The zero-order valence-corrected chi connectivity index (χ0v) is 13.3. The number of aromatic amines is 1. The molecule has 0 aliphatic heterocycles. The normalized spacial score (nSPS) is 11.4. The van der Waals surface area contributed by atoms with Crippen LogP contribution >= 0.6 is 0 Å². The number of fused-ring (bicyclic) bond motifs is 1. The molecule has 0 unspecified atom stereocenters. The van der Waals surface area contributed by atoms with Gasteiger partial charge in [-0.05, 0) is 13.8 Å². The Kier molecular flexibility index (Phi) is 3.28. The first-order valence-electron chi connectivity index (χ1n) is 7.23. The van der Waals surface area contributed by atoms with Gasteiger partial charge in [-0.2, -0.15) is 5.10 Å². The third-order valence-electron chi connectivity index (χ3n) is 3.55. The maximum absolute atomic E-state index is 7.29. The molecule has 0 amide bonds. The predicted molar refractivity (Wildman–Crippen MR) is 86.4 cm³/mol. The molecule has 4 aromatic heterocycles. The van der Waals surface area contributed by atoms with Crippen LogP contribution in [0.5, 0.6) is 0 Å². The SMILES string of the molecule is [C-]#[N+]c1cnn(-c2ccncn2)c1N=Nc1c(C)[nH]n2c(C)nnc12. The molecule has 4 rings (SSSR count). The Bertz CT molecular complexity index is 1120. The highest BCUT2D eigenvalue weighted by Gasteiger charge is 2.16. The third-order valence-corrected chi connectivity index (χ3v) is 3.55. The van der Waals surface area contributed by atoms with Crippen molar-refractivity contribution in [3.8, 4) is 5.82 Å². The summed E-state index contributed by atoms with van der Waals surface area (Å²) >= 11 is 0. The van der Waals surface area contributed by atoms with Crippen molar-refractivity contribution in [3.05, 3.63) is 47.7 Å². The first-order chi connectivity index (χ1) is 12.2. The fourth-order valence-electron chi connectivity index (χ4n) is 2.34. The minimum atomic E-state index is 0.268. The van der Waals surface area contributed by atoms with Crippen LogP contribution in [0.3, 0.4) is 0 Å². The van der Waals surface area contributed by atoms with Gasteiger partial charge in [0.05, 0.1) is 18.5 Å². The topological polar surface area (TPSA) is 119 Å². The lowest BCUT2D eigenvalue weighted by molar-refractivity contribution is 0.832. The molecule has 4 aromatic rings. The van der Waals surface area contributed by atoms with E-state index in [9.17, 15) is 0 Å². The van der Waals surface area contributed by atoms with Gasteiger partial charge >= 0.3 is 0 Å². The Hall–Kier alpha value is -3.94. The van der Waals surface area contributed by atoms with E-state index in [1.54, 1.807) is 16.8 Å². The summed E-state index contributed by atoms with van der Waals surface area (Å²) in [5, 5.41) is 23.9. The predicted octanol–water partition coefficient (Wildman–Crippen LogP) is 2.62. The van der Waals surface area contributed by atoms with Crippen molar-refractivity contribution in [1.29, 1.82) is 0 Å². The average Bonchev–Trinajstić information content (AvgIpc) is 3.29. The fourth-order valence-corrected chi connectivity index (χ4v) is 2.34. The van der Waals surface area contributed by atoms with Gasteiger partial charge in [-0.25, -0.2) is 24.0 Å². The van der Waals surface area contributed by atoms with E-state index in [1.165, 1.54) is 17.2 Å². The lowest BCUT2D eigenvalue weighted by Gasteiger charge is -2.01. The van der Waals surface area contributed by atoms with Crippen molar-refractivity contribution in [3.63, 3.8) is 0 Å². The van der Waals surface area contributed by atoms with Gasteiger partial charge < -0.3 is 0 Å². The minimum Gasteiger partial charge on any atom is -0.293 e. The smallest absolute Gasteiger partial charge is 0.252 e. The van der Waals surface area contributed by atoms with Crippen molar-refractivity contribution in [2.75, 3.05) is 0 Å². The summed E-state index contributed by atoms with van der Waals surface area (Å²) in [4.78, 5) is 11.4. The molecule has 0 fully saturated rings. The zero-order chi connectivity index (χ0) is 17.4. The maximum Gasteiger partial charge on any atom is 0.252 e. The number of aromatic nitrogens is 8. The van der Waals surface area contributed by atoms with Crippen LogP contribution in [0.1, 0.15) is 11.5 Å². The molecule has 0 spiro atoms. The van der Waals surface area contributed by atoms with Crippen molar-refractivity contribution in [2.45, 2.75) is 13.8 Å². The van der Waals surface area contributed by atoms with Crippen LogP contribution in [0.4, 0.5) is 17.2 Å². The van der Waals surface area contributed by atoms with Gasteiger partial charge in [0.1, 0.15) is 12.2 Å². The third kappa shape index (κ3) is 2.32. The Morgan fingerprint density at radius 1 is 1.24 bits per heavy atom. The quantitative estimate of drug-likeness (QED) is 0.456. The molecule has 0 aliphatic carbocycles. The van der Waals surface area contributed by atoms with Gasteiger partial charge in [0.25, 0.3) is 5.69 Å². The summed E-state index contributed by atoms with van der Waals surface area (Å²) in [7, 11) is 0. The number of nitrogens with zero attached hydrogens (tertiary/aromatic N) is 10. The fraction of sp³-hybridized carbons (Fsp3) is 0.143. The van der Waals surface area contributed by atoms with Gasteiger partial charge in [-0.1, -0.05) is 0 Å². The minimum absolute atomic E-state index is 0.268. The van der Waals surface area contributed by atoms with E-state index in [-0.39, 0.29) is 11.5 Å². The number of hydrogen-bond acceptors (Lipinski definition) is 7. The molecule has 0 saturated carbocycles. The molecule has 0 radical (unpaired) electrons. The second kappa shape index (κ2) is 5.60. The molecule has 0 aliphatic rings. The van der Waals surface area contributed by atoms with E-state index in [1.807, 2.05) is 13.8 Å². The number of rotatable bonds is 3. The number of aryl methyl sites for hydroxylation is 2. The molecule has 0 atom stereocenters. The van der Waals surface area contributed by atoms with Crippen LogP contribution in [-0.4, -0.2) is 39.6 Å². The first kappa shape index (κ1) is 14.6. The summed E-state index contributed by atoms with van der Waals surface area (Å²) in [6.45, 7) is 11.0. The summed E-state index contributed by atoms with van der Waals surface area (Å²) in [6, 6.07) is 1.67. The molecular weight excluding hydrogens is 322 g/mol. The molecular formula is C14H11N11. The van der Waals surface area contributed by atoms with Gasteiger partial charge in [0, 0.05) is 12.3 Å². The van der Waals surface area contributed by atoms with Crippen molar-refractivity contribution in [1.82, 2.24) is 39.6 Å². The number of nitrogens with one attached hydrogen (secondary N) is 1. The summed E-state index contributed by atoms with van der Waals surface area (Å²) < 4.78 is 3.16. The molecule has 11 heteroatoms. The van der Waals surface area contributed by atoms with Crippen LogP contribution in [-0.2, 0) is 0 Å². The summed E-state index contributed by atoms with van der Waals surface area (Å²) in [5.74, 6) is 1.49. The van der Waals surface area contributed by atoms with Crippen LogP contribution in [0.15, 0.2) is 35.0 Å². The molecule has 1 N–H and O–H groups in total. The molecule has 122 valence electrons. The van der Waals surface area contributed by atoms with Gasteiger partial charge in [-0.15, -0.1) is 20.4 Å². The lowest BCUT2D eigenvalue weighted by Crippen LogP contribution is -1.98. The van der Waals surface area contributed by atoms with E-state index in [2.05, 4.69) is 45.4 Å². The molecule has 0 saturated heterocycles. The average molecular weight is 333 g/mol. The maximum atomic E-state index is 7.29. The summed E-state index contributed by atoms with van der Waals surface area (Å²) in [6.07, 6.45) is 4.40. The number of azo groups is 1. The van der Waals surface area contributed by atoms with Crippen molar-refractivity contribution < 1.29 is 0 Å². The number of hydrogen-bond donors (Lipinski definition) is 1.